The van der Waals surface area contributed by atoms with Crippen LogP contribution < -0.4 is 17.0 Å². The lowest BCUT2D eigenvalue weighted by atomic mass is 10.2. The van der Waals surface area contributed by atoms with E-state index >= 15 is 0 Å². The molecule has 0 fully saturated rings. The molecular formula is C13H14ClN3O2S. The van der Waals surface area contributed by atoms with Crippen LogP contribution in [-0.2, 0) is 5.75 Å². The highest BCUT2D eigenvalue weighted by atomic mass is 35.5. The first kappa shape index (κ1) is 14.8. The zero-order chi connectivity index (χ0) is 14.7. The summed E-state index contributed by atoms with van der Waals surface area (Å²) in [5, 5.41) is 0.625. The summed E-state index contributed by atoms with van der Waals surface area (Å²) in [6.45, 7) is 1.71. The zero-order valence-electron chi connectivity index (χ0n) is 10.8. The van der Waals surface area contributed by atoms with E-state index in [1.807, 2.05) is 0 Å². The Morgan fingerprint density at radius 1 is 1.45 bits per heavy atom. The molecule has 7 heteroatoms. The van der Waals surface area contributed by atoms with Crippen molar-refractivity contribution < 1.29 is 9.21 Å². The Kier molecular flexibility index (Phi) is 4.59. The van der Waals surface area contributed by atoms with E-state index in [0.717, 1.165) is 4.90 Å². The maximum Gasteiger partial charge on any atom is 0.268 e. The Morgan fingerprint density at radius 3 is 2.90 bits per heavy atom. The van der Waals surface area contributed by atoms with Gasteiger partial charge in [-0.05, 0) is 31.2 Å². The molecule has 1 aromatic heterocycles. The molecule has 0 atom stereocenters. The second-order valence-electron chi connectivity index (χ2n) is 4.13. The molecule has 0 unspecified atom stereocenters. The number of rotatable bonds is 4. The predicted octanol–water partition coefficient (Wildman–Crippen LogP) is 2.72. The molecule has 20 heavy (non-hydrogen) atoms. The van der Waals surface area contributed by atoms with Gasteiger partial charge in [0.1, 0.15) is 11.5 Å². The molecule has 0 saturated heterocycles. The first-order valence-corrected chi connectivity index (χ1v) is 7.15. The number of hydrogen-bond donors (Lipinski definition) is 3. The minimum absolute atomic E-state index is 0.371. The predicted molar refractivity (Wildman–Crippen MR) is 80.5 cm³/mol. The number of nitrogens with two attached hydrogens (primary N) is 2. The van der Waals surface area contributed by atoms with E-state index in [2.05, 4.69) is 5.43 Å². The lowest BCUT2D eigenvalue weighted by molar-refractivity contribution is 0.0952. The van der Waals surface area contributed by atoms with Crippen LogP contribution in [0.4, 0.5) is 5.69 Å². The second kappa shape index (κ2) is 6.21. The van der Waals surface area contributed by atoms with Gasteiger partial charge in [0, 0.05) is 15.6 Å². The van der Waals surface area contributed by atoms with Crippen molar-refractivity contribution in [2.75, 3.05) is 5.73 Å². The van der Waals surface area contributed by atoms with Crippen molar-refractivity contribution in [3.8, 4) is 0 Å². The quantitative estimate of drug-likeness (QED) is 0.265. The number of nitrogens with one attached hydrogen (secondary N) is 1. The first-order valence-electron chi connectivity index (χ1n) is 5.79. The number of hydrazine groups is 1. The molecular weight excluding hydrogens is 298 g/mol. The van der Waals surface area contributed by atoms with Crippen LogP contribution in [0.15, 0.2) is 33.6 Å². The first-order chi connectivity index (χ1) is 9.51. The molecule has 5 nitrogen and oxygen atoms in total. The summed E-state index contributed by atoms with van der Waals surface area (Å²) in [5.74, 6) is 6.48. The van der Waals surface area contributed by atoms with E-state index in [1.54, 1.807) is 31.2 Å². The summed E-state index contributed by atoms with van der Waals surface area (Å²) in [4.78, 5) is 12.4. The van der Waals surface area contributed by atoms with Crippen LogP contribution in [0, 0.1) is 6.92 Å². The van der Waals surface area contributed by atoms with Gasteiger partial charge in [0.05, 0.1) is 11.3 Å². The SMILES string of the molecule is Cc1oc(CSc2cc(Cl)ccc2N)cc1C(=O)NN. The van der Waals surface area contributed by atoms with E-state index in [4.69, 9.17) is 27.6 Å². The third-order valence-corrected chi connectivity index (χ3v) is 4.02. The largest absolute Gasteiger partial charge is 0.465 e. The van der Waals surface area contributed by atoms with Crippen molar-refractivity contribution >= 4 is 35.0 Å². The Hall–Kier alpha value is -1.63. The van der Waals surface area contributed by atoms with Crippen molar-refractivity contribution in [1.29, 1.82) is 0 Å². The van der Waals surface area contributed by atoms with E-state index in [1.165, 1.54) is 11.8 Å². The topological polar surface area (TPSA) is 94.3 Å². The van der Waals surface area contributed by atoms with E-state index < -0.39 is 0 Å². The standard InChI is InChI=1S/C13H14ClN3O2S/c1-7-10(13(18)17-16)5-9(19-7)6-20-12-4-8(14)2-3-11(12)15/h2-5H,6,15-16H2,1H3,(H,17,18). The number of carbonyl (C=O) groups excluding carboxylic acids is 1. The van der Waals surface area contributed by atoms with Gasteiger partial charge in [-0.1, -0.05) is 11.6 Å². The molecule has 0 radical (unpaired) electrons. The smallest absolute Gasteiger partial charge is 0.268 e. The molecule has 0 saturated carbocycles. The molecule has 0 bridgehead atoms. The number of furan rings is 1. The molecule has 1 heterocycles. The number of nitrogen functional groups attached to an aromatic ring is 2. The Bertz CT molecular complexity index is 643. The van der Waals surface area contributed by atoms with Gasteiger partial charge in [-0.2, -0.15) is 0 Å². The summed E-state index contributed by atoms with van der Waals surface area (Å²) in [6.07, 6.45) is 0. The number of carbonyl (C=O) groups is 1. The summed E-state index contributed by atoms with van der Waals surface area (Å²) in [7, 11) is 0. The number of thioether (sulfide) groups is 1. The number of anilines is 1. The molecule has 2 aromatic rings. The van der Waals surface area contributed by atoms with Crippen molar-refractivity contribution in [1.82, 2.24) is 5.43 Å². The summed E-state index contributed by atoms with van der Waals surface area (Å²) >= 11 is 7.42. The van der Waals surface area contributed by atoms with Crippen LogP contribution in [0.25, 0.3) is 0 Å². The van der Waals surface area contributed by atoms with Gasteiger partial charge in [0.25, 0.3) is 5.91 Å². The van der Waals surface area contributed by atoms with E-state index in [0.29, 0.717) is 33.5 Å². The lowest BCUT2D eigenvalue weighted by Gasteiger charge is -2.04. The van der Waals surface area contributed by atoms with Crippen molar-refractivity contribution in [3.63, 3.8) is 0 Å². The minimum atomic E-state index is -0.371. The highest BCUT2D eigenvalue weighted by Gasteiger charge is 2.14. The van der Waals surface area contributed by atoms with E-state index in [9.17, 15) is 4.79 Å². The summed E-state index contributed by atoms with van der Waals surface area (Å²) in [5.41, 5.74) is 9.04. The van der Waals surface area contributed by atoms with Crippen LogP contribution in [-0.4, -0.2) is 5.91 Å². The van der Waals surface area contributed by atoms with Gasteiger partial charge in [-0.3, -0.25) is 10.2 Å². The molecule has 0 spiro atoms. The molecule has 1 aromatic carbocycles. The van der Waals surface area contributed by atoms with Crippen molar-refractivity contribution in [2.24, 2.45) is 5.84 Å². The fourth-order valence-electron chi connectivity index (χ4n) is 1.70. The Morgan fingerprint density at radius 2 is 2.20 bits per heavy atom. The monoisotopic (exact) mass is 311 g/mol. The van der Waals surface area contributed by atoms with Crippen LogP contribution in [0.2, 0.25) is 5.02 Å². The van der Waals surface area contributed by atoms with Crippen LogP contribution in [0.3, 0.4) is 0 Å². The maximum absolute atomic E-state index is 11.5. The molecule has 106 valence electrons. The molecule has 5 N–H and O–H groups in total. The van der Waals surface area contributed by atoms with Gasteiger partial charge in [-0.25, -0.2) is 5.84 Å². The third kappa shape index (κ3) is 3.27. The molecule has 0 aliphatic rings. The normalized spacial score (nSPS) is 10.6. The average molecular weight is 312 g/mol. The Balaban J connectivity index is 2.11. The number of halogens is 1. The fraction of sp³-hybridized carbons (Fsp3) is 0.154. The van der Waals surface area contributed by atoms with Crippen LogP contribution in [0.1, 0.15) is 21.9 Å². The Labute approximate surface area is 125 Å². The molecule has 2 rings (SSSR count). The minimum Gasteiger partial charge on any atom is -0.465 e. The second-order valence-corrected chi connectivity index (χ2v) is 5.58. The number of amides is 1. The summed E-state index contributed by atoms with van der Waals surface area (Å²) < 4.78 is 5.52. The maximum atomic E-state index is 11.5. The fourth-order valence-corrected chi connectivity index (χ4v) is 2.82. The highest BCUT2D eigenvalue weighted by Crippen LogP contribution is 2.31. The molecule has 0 aliphatic carbocycles. The summed E-state index contributed by atoms with van der Waals surface area (Å²) in [6, 6.07) is 6.96. The van der Waals surface area contributed by atoms with Gasteiger partial charge >= 0.3 is 0 Å². The average Bonchev–Trinajstić information content (AvgIpc) is 2.80. The zero-order valence-corrected chi connectivity index (χ0v) is 12.3. The number of hydrogen-bond acceptors (Lipinski definition) is 5. The number of aryl methyl sites for hydroxylation is 1. The van der Waals surface area contributed by atoms with Gasteiger partial charge in [0.2, 0.25) is 0 Å². The van der Waals surface area contributed by atoms with Crippen molar-refractivity contribution in [3.05, 3.63) is 46.4 Å². The third-order valence-electron chi connectivity index (χ3n) is 2.69. The molecule has 1 amide bonds. The van der Waals surface area contributed by atoms with E-state index in [-0.39, 0.29) is 5.91 Å². The van der Waals surface area contributed by atoms with Crippen LogP contribution >= 0.6 is 23.4 Å². The van der Waals surface area contributed by atoms with Crippen LogP contribution in [0.5, 0.6) is 0 Å². The number of benzene rings is 1. The van der Waals surface area contributed by atoms with Gasteiger partial charge < -0.3 is 10.2 Å². The van der Waals surface area contributed by atoms with Gasteiger partial charge in [0.15, 0.2) is 0 Å². The lowest BCUT2D eigenvalue weighted by Crippen LogP contribution is -2.30. The van der Waals surface area contributed by atoms with Crippen molar-refractivity contribution in [2.45, 2.75) is 17.6 Å². The van der Waals surface area contributed by atoms with Gasteiger partial charge in [-0.15, -0.1) is 11.8 Å². The molecule has 0 aliphatic heterocycles. The highest BCUT2D eigenvalue weighted by molar-refractivity contribution is 7.98.